The van der Waals surface area contributed by atoms with Crippen molar-refractivity contribution in [2.75, 3.05) is 18.5 Å². The minimum atomic E-state index is -0.598. The first-order valence-corrected chi connectivity index (χ1v) is 9.75. The van der Waals surface area contributed by atoms with Crippen molar-refractivity contribution in [2.24, 2.45) is 0 Å². The molecule has 0 aliphatic carbocycles. The van der Waals surface area contributed by atoms with Gasteiger partial charge in [0.1, 0.15) is 13.2 Å². The summed E-state index contributed by atoms with van der Waals surface area (Å²) in [5.74, 6) is -0.828. The lowest BCUT2D eigenvalue weighted by atomic mass is 9.91. The molecule has 154 valence electrons. The Labute approximate surface area is 174 Å². The van der Waals surface area contributed by atoms with Crippen LogP contribution in [-0.2, 0) is 14.3 Å². The van der Waals surface area contributed by atoms with Crippen molar-refractivity contribution in [2.45, 2.75) is 26.8 Å². The third-order valence-corrected chi connectivity index (χ3v) is 5.38. The maximum atomic E-state index is 12.9. The molecule has 0 saturated carbocycles. The first-order chi connectivity index (χ1) is 14.3. The molecule has 30 heavy (non-hydrogen) atoms. The van der Waals surface area contributed by atoms with E-state index in [-0.39, 0.29) is 19.1 Å². The van der Waals surface area contributed by atoms with Crippen LogP contribution in [0.1, 0.15) is 28.3 Å². The number of aryl methyl sites for hydroxylation is 3. The van der Waals surface area contributed by atoms with Gasteiger partial charge in [-0.15, -0.1) is 0 Å². The molecule has 7 nitrogen and oxygen atoms in total. The number of esters is 1. The molecule has 0 fully saturated rings. The number of urea groups is 1. The van der Waals surface area contributed by atoms with E-state index in [4.69, 9.17) is 4.74 Å². The summed E-state index contributed by atoms with van der Waals surface area (Å²) in [7, 11) is 0. The number of carbonyl (C=O) groups is 3. The zero-order valence-corrected chi connectivity index (χ0v) is 17.1. The minimum Gasteiger partial charge on any atom is -0.456 e. The summed E-state index contributed by atoms with van der Waals surface area (Å²) in [6, 6.07) is 12.2. The van der Waals surface area contributed by atoms with Crippen LogP contribution in [0.2, 0.25) is 0 Å². The van der Waals surface area contributed by atoms with E-state index in [1.807, 2.05) is 51.1 Å². The zero-order chi connectivity index (χ0) is 21.4. The van der Waals surface area contributed by atoms with E-state index in [0.717, 1.165) is 22.3 Å². The predicted octanol–water partition coefficient (Wildman–Crippen LogP) is 3.13. The lowest BCUT2D eigenvalue weighted by Gasteiger charge is -2.33. The summed E-state index contributed by atoms with van der Waals surface area (Å²) in [5, 5.41) is 5.66. The van der Waals surface area contributed by atoms with Gasteiger partial charge >= 0.3 is 12.0 Å². The SMILES string of the molecule is Cc1ccc(NC(=O)CN2C(=O)NC(c3cc(C)ccc3C)C3=C2COC3=O)cc1. The van der Waals surface area contributed by atoms with Crippen LogP contribution in [0.3, 0.4) is 0 Å². The molecule has 3 amide bonds. The fourth-order valence-electron chi connectivity index (χ4n) is 3.76. The number of ether oxygens (including phenoxy) is 1. The summed E-state index contributed by atoms with van der Waals surface area (Å²) >= 11 is 0. The number of anilines is 1. The van der Waals surface area contributed by atoms with E-state index in [2.05, 4.69) is 10.6 Å². The molecule has 0 aromatic heterocycles. The summed E-state index contributed by atoms with van der Waals surface area (Å²) in [6.07, 6.45) is 0. The number of nitrogens with one attached hydrogen (secondary N) is 2. The second-order valence-electron chi connectivity index (χ2n) is 7.68. The summed E-state index contributed by atoms with van der Waals surface area (Å²) in [4.78, 5) is 39.2. The van der Waals surface area contributed by atoms with Crippen LogP contribution in [0.5, 0.6) is 0 Å². The van der Waals surface area contributed by atoms with Crippen LogP contribution < -0.4 is 10.6 Å². The van der Waals surface area contributed by atoms with Gasteiger partial charge < -0.3 is 15.4 Å². The maximum Gasteiger partial charge on any atom is 0.338 e. The highest BCUT2D eigenvalue weighted by molar-refractivity contribution is 6.00. The third-order valence-electron chi connectivity index (χ3n) is 5.38. The van der Waals surface area contributed by atoms with Gasteiger partial charge in [0.15, 0.2) is 0 Å². The maximum absolute atomic E-state index is 12.9. The monoisotopic (exact) mass is 405 g/mol. The first-order valence-electron chi connectivity index (χ1n) is 9.75. The highest BCUT2D eigenvalue weighted by atomic mass is 16.5. The molecule has 2 N–H and O–H groups in total. The second-order valence-corrected chi connectivity index (χ2v) is 7.68. The Kier molecular flexibility index (Phi) is 5.03. The van der Waals surface area contributed by atoms with Crippen LogP contribution in [0.25, 0.3) is 0 Å². The van der Waals surface area contributed by atoms with E-state index < -0.39 is 18.0 Å². The quantitative estimate of drug-likeness (QED) is 0.765. The van der Waals surface area contributed by atoms with E-state index in [1.54, 1.807) is 12.1 Å². The molecule has 0 radical (unpaired) electrons. The molecule has 0 saturated heterocycles. The van der Waals surface area contributed by atoms with Gasteiger partial charge in [-0.2, -0.15) is 0 Å². The number of hydrogen-bond donors (Lipinski definition) is 2. The van der Waals surface area contributed by atoms with Crippen molar-refractivity contribution < 1.29 is 19.1 Å². The average molecular weight is 405 g/mol. The topological polar surface area (TPSA) is 87.7 Å². The fourth-order valence-corrected chi connectivity index (χ4v) is 3.76. The van der Waals surface area contributed by atoms with Crippen molar-refractivity contribution in [3.8, 4) is 0 Å². The van der Waals surface area contributed by atoms with Crippen LogP contribution in [-0.4, -0.2) is 36.0 Å². The molecule has 2 aliphatic rings. The zero-order valence-electron chi connectivity index (χ0n) is 17.1. The lowest BCUT2D eigenvalue weighted by Crippen LogP contribution is -2.49. The van der Waals surface area contributed by atoms with Crippen molar-refractivity contribution >= 4 is 23.6 Å². The van der Waals surface area contributed by atoms with Gasteiger partial charge in [-0.25, -0.2) is 9.59 Å². The lowest BCUT2D eigenvalue weighted by molar-refractivity contribution is -0.136. The fraction of sp³-hybridized carbons (Fsp3) is 0.261. The van der Waals surface area contributed by atoms with Gasteiger partial charge in [-0.3, -0.25) is 9.69 Å². The molecule has 1 unspecified atom stereocenters. The number of nitrogens with zero attached hydrogens (tertiary/aromatic N) is 1. The van der Waals surface area contributed by atoms with Crippen molar-refractivity contribution in [1.29, 1.82) is 0 Å². The van der Waals surface area contributed by atoms with Crippen LogP contribution in [0, 0.1) is 20.8 Å². The molecule has 0 bridgehead atoms. The number of carbonyl (C=O) groups excluding carboxylic acids is 3. The van der Waals surface area contributed by atoms with E-state index >= 15 is 0 Å². The molecule has 2 aromatic rings. The standard InChI is InChI=1S/C23H23N3O4/c1-13-5-8-16(9-6-13)24-19(27)11-26-18-12-30-22(28)20(18)21(25-23(26)29)17-10-14(2)4-7-15(17)3/h4-10,21H,11-12H2,1-3H3,(H,24,27)(H,25,29). The molecule has 7 heteroatoms. The van der Waals surface area contributed by atoms with Crippen molar-refractivity contribution in [1.82, 2.24) is 10.2 Å². The Hall–Kier alpha value is -3.61. The molecule has 4 rings (SSSR count). The van der Waals surface area contributed by atoms with E-state index in [0.29, 0.717) is 17.0 Å². The highest BCUT2D eigenvalue weighted by Crippen LogP contribution is 2.36. The largest absolute Gasteiger partial charge is 0.456 e. The number of rotatable bonds is 4. The molecular weight excluding hydrogens is 382 g/mol. The van der Waals surface area contributed by atoms with E-state index in [1.165, 1.54) is 4.90 Å². The summed E-state index contributed by atoms with van der Waals surface area (Å²) in [5.41, 5.74) is 5.38. The van der Waals surface area contributed by atoms with Crippen LogP contribution in [0.15, 0.2) is 53.7 Å². The number of hydrogen-bond acceptors (Lipinski definition) is 4. The number of amides is 3. The van der Waals surface area contributed by atoms with Gasteiger partial charge in [0.2, 0.25) is 5.91 Å². The van der Waals surface area contributed by atoms with Gasteiger partial charge in [0, 0.05) is 5.69 Å². The average Bonchev–Trinajstić information content (AvgIpc) is 3.09. The minimum absolute atomic E-state index is 0.0270. The Bertz CT molecular complexity index is 1070. The van der Waals surface area contributed by atoms with Gasteiger partial charge in [0.05, 0.1) is 17.3 Å². The Morgan fingerprint density at radius 3 is 2.53 bits per heavy atom. The summed E-state index contributed by atoms with van der Waals surface area (Å²) < 4.78 is 5.23. The van der Waals surface area contributed by atoms with Gasteiger partial charge in [-0.1, -0.05) is 41.5 Å². The molecule has 2 heterocycles. The van der Waals surface area contributed by atoms with Crippen molar-refractivity contribution in [3.05, 3.63) is 76.0 Å². The summed E-state index contributed by atoms with van der Waals surface area (Å²) in [6.45, 7) is 5.61. The molecule has 2 aromatic carbocycles. The molecule has 2 aliphatic heterocycles. The Morgan fingerprint density at radius 1 is 1.10 bits per heavy atom. The van der Waals surface area contributed by atoms with E-state index in [9.17, 15) is 14.4 Å². The highest BCUT2D eigenvalue weighted by Gasteiger charge is 2.43. The number of cyclic esters (lactones) is 1. The first kappa shape index (κ1) is 19.7. The Balaban J connectivity index is 1.62. The van der Waals surface area contributed by atoms with Gasteiger partial charge in [0.25, 0.3) is 0 Å². The third kappa shape index (κ3) is 3.66. The smallest absolute Gasteiger partial charge is 0.338 e. The van der Waals surface area contributed by atoms with Gasteiger partial charge in [-0.05, 0) is 44.0 Å². The molecule has 1 atom stereocenters. The Morgan fingerprint density at radius 2 is 1.80 bits per heavy atom. The van der Waals surface area contributed by atoms with Crippen LogP contribution >= 0.6 is 0 Å². The molecular formula is C23H23N3O4. The second kappa shape index (κ2) is 7.67. The normalized spacial score (nSPS) is 18.1. The van der Waals surface area contributed by atoms with Crippen molar-refractivity contribution in [3.63, 3.8) is 0 Å². The van der Waals surface area contributed by atoms with Crippen LogP contribution in [0.4, 0.5) is 10.5 Å². The molecule has 0 spiro atoms. The number of benzene rings is 2. The predicted molar refractivity (Wildman–Crippen MR) is 112 cm³/mol.